The summed E-state index contributed by atoms with van der Waals surface area (Å²) < 4.78 is 13.0. The molecule has 0 spiro atoms. The zero-order valence-electron chi connectivity index (χ0n) is 11.5. The predicted octanol–water partition coefficient (Wildman–Crippen LogP) is 5.15. The van der Waals surface area contributed by atoms with Gasteiger partial charge >= 0.3 is 0 Å². The minimum atomic E-state index is -0.162. The minimum absolute atomic E-state index is 0.162. The molecule has 0 radical (unpaired) electrons. The lowest BCUT2D eigenvalue weighted by Crippen LogP contribution is -1.93. The van der Waals surface area contributed by atoms with Crippen molar-refractivity contribution in [3.8, 4) is 0 Å². The topological polar surface area (TPSA) is 0 Å². The van der Waals surface area contributed by atoms with Gasteiger partial charge in [-0.1, -0.05) is 36.4 Å². The van der Waals surface area contributed by atoms with Gasteiger partial charge in [-0.05, 0) is 62.4 Å². The van der Waals surface area contributed by atoms with Crippen molar-refractivity contribution in [1.82, 2.24) is 0 Å². The van der Waals surface area contributed by atoms with Crippen LogP contribution in [0, 0.1) is 12.7 Å². The van der Waals surface area contributed by atoms with Gasteiger partial charge in [0.1, 0.15) is 5.82 Å². The first-order valence-corrected chi connectivity index (χ1v) is 6.25. The van der Waals surface area contributed by atoms with Crippen LogP contribution in [0.5, 0.6) is 0 Å². The number of halogens is 1. The van der Waals surface area contributed by atoms with E-state index in [0.29, 0.717) is 0 Å². The number of allylic oxidation sites excluding steroid dienone is 5. The predicted molar refractivity (Wildman–Crippen MR) is 77.2 cm³/mol. The molecule has 0 nitrogen and oxygen atoms in total. The normalized spacial score (nSPS) is 10.7. The van der Waals surface area contributed by atoms with E-state index in [4.69, 9.17) is 0 Å². The van der Waals surface area contributed by atoms with Gasteiger partial charge in [0.15, 0.2) is 0 Å². The first kappa shape index (κ1) is 14.4. The highest BCUT2D eigenvalue weighted by molar-refractivity contribution is 5.30. The fourth-order valence-corrected chi connectivity index (χ4v) is 1.89. The molecule has 0 heterocycles. The molecule has 0 aliphatic heterocycles. The number of hydrogen-bond acceptors (Lipinski definition) is 0. The van der Waals surface area contributed by atoms with Crippen LogP contribution in [-0.4, -0.2) is 0 Å². The van der Waals surface area contributed by atoms with Crippen molar-refractivity contribution in [1.29, 1.82) is 0 Å². The van der Waals surface area contributed by atoms with E-state index in [2.05, 4.69) is 26.5 Å². The Balaban J connectivity index is 2.77. The average molecular weight is 244 g/mol. The molecule has 0 aliphatic carbocycles. The van der Waals surface area contributed by atoms with Crippen molar-refractivity contribution in [2.75, 3.05) is 0 Å². The molecule has 1 rings (SSSR count). The van der Waals surface area contributed by atoms with Gasteiger partial charge in [0.2, 0.25) is 0 Å². The van der Waals surface area contributed by atoms with Crippen LogP contribution in [0.1, 0.15) is 31.4 Å². The summed E-state index contributed by atoms with van der Waals surface area (Å²) in [6, 6.07) is 5.01. The van der Waals surface area contributed by atoms with Gasteiger partial charge in [-0.15, -0.1) is 0 Å². The second kappa shape index (κ2) is 6.95. The summed E-state index contributed by atoms with van der Waals surface area (Å²) >= 11 is 0. The van der Waals surface area contributed by atoms with Crippen molar-refractivity contribution >= 4 is 0 Å². The summed E-state index contributed by atoms with van der Waals surface area (Å²) in [4.78, 5) is 0. The molecule has 0 aliphatic rings. The van der Waals surface area contributed by atoms with Crippen LogP contribution in [0.25, 0.3) is 0 Å². The molecular weight excluding hydrogens is 223 g/mol. The van der Waals surface area contributed by atoms with Gasteiger partial charge in [-0.25, -0.2) is 4.39 Å². The smallest absolute Gasteiger partial charge is 0.123 e. The third-order valence-corrected chi connectivity index (χ3v) is 3.04. The molecule has 1 aromatic rings. The average Bonchev–Trinajstić information content (AvgIpc) is 2.31. The van der Waals surface area contributed by atoms with Crippen molar-refractivity contribution in [3.63, 3.8) is 0 Å². The van der Waals surface area contributed by atoms with Crippen LogP contribution >= 0.6 is 0 Å². The molecule has 0 atom stereocenters. The van der Waals surface area contributed by atoms with E-state index >= 15 is 0 Å². The Kier molecular flexibility index (Phi) is 5.57. The molecule has 0 bridgehead atoms. The fraction of sp³-hybridized carbons (Fsp3) is 0.294. The molecule has 1 aromatic carbocycles. The second-order valence-corrected chi connectivity index (χ2v) is 4.69. The molecule has 18 heavy (non-hydrogen) atoms. The number of aryl methyl sites for hydroxylation is 2. The molecule has 0 aromatic heterocycles. The van der Waals surface area contributed by atoms with Gasteiger partial charge in [0.25, 0.3) is 0 Å². The van der Waals surface area contributed by atoms with Gasteiger partial charge in [0.05, 0.1) is 0 Å². The number of rotatable bonds is 5. The molecule has 0 saturated carbocycles. The van der Waals surface area contributed by atoms with Crippen LogP contribution in [0.3, 0.4) is 0 Å². The molecule has 0 amide bonds. The summed E-state index contributed by atoms with van der Waals surface area (Å²) in [6.45, 7) is 9.86. The fourth-order valence-electron chi connectivity index (χ4n) is 1.89. The Labute approximate surface area is 110 Å². The third-order valence-electron chi connectivity index (χ3n) is 3.04. The second-order valence-electron chi connectivity index (χ2n) is 4.69. The molecule has 0 saturated heterocycles. The van der Waals surface area contributed by atoms with Gasteiger partial charge in [-0.3, -0.25) is 0 Å². The SMILES string of the molecule is C=C/C=C\C(CCc1ccc(F)cc1C)=C(C)C. The number of hydrogen-bond donors (Lipinski definition) is 0. The standard InChI is InChI=1S/C17H21F/c1-5-6-7-15(13(2)3)8-9-16-10-11-17(18)12-14(16)4/h5-7,10-12H,1,8-9H2,2-4H3/b7-6-. The van der Waals surface area contributed by atoms with E-state index in [-0.39, 0.29) is 5.82 Å². The highest BCUT2D eigenvalue weighted by Crippen LogP contribution is 2.17. The van der Waals surface area contributed by atoms with Gasteiger partial charge in [0, 0.05) is 0 Å². The molecule has 0 unspecified atom stereocenters. The zero-order valence-corrected chi connectivity index (χ0v) is 11.5. The Bertz CT molecular complexity index is 474. The van der Waals surface area contributed by atoms with Crippen LogP contribution < -0.4 is 0 Å². The minimum Gasteiger partial charge on any atom is -0.207 e. The van der Waals surface area contributed by atoms with Crippen molar-refractivity contribution in [2.24, 2.45) is 0 Å². The Morgan fingerprint density at radius 3 is 2.61 bits per heavy atom. The van der Waals surface area contributed by atoms with Crippen molar-refractivity contribution < 1.29 is 4.39 Å². The van der Waals surface area contributed by atoms with E-state index < -0.39 is 0 Å². The summed E-state index contributed by atoms with van der Waals surface area (Å²) in [5.41, 5.74) is 4.87. The Hall–Kier alpha value is -1.63. The lowest BCUT2D eigenvalue weighted by atomic mass is 9.98. The first-order chi connectivity index (χ1) is 8.54. The Morgan fingerprint density at radius 1 is 1.33 bits per heavy atom. The Morgan fingerprint density at radius 2 is 2.06 bits per heavy atom. The lowest BCUT2D eigenvalue weighted by Gasteiger charge is -2.08. The van der Waals surface area contributed by atoms with Crippen molar-refractivity contribution in [2.45, 2.75) is 33.6 Å². The third kappa shape index (κ3) is 4.33. The quantitative estimate of drug-likeness (QED) is 0.629. The molecule has 1 heteroatoms. The first-order valence-electron chi connectivity index (χ1n) is 6.25. The maximum atomic E-state index is 13.0. The molecule has 96 valence electrons. The zero-order chi connectivity index (χ0) is 13.5. The van der Waals surface area contributed by atoms with E-state index in [0.717, 1.165) is 18.4 Å². The lowest BCUT2D eigenvalue weighted by molar-refractivity contribution is 0.625. The van der Waals surface area contributed by atoms with E-state index in [1.807, 2.05) is 19.1 Å². The maximum absolute atomic E-state index is 13.0. The van der Waals surface area contributed by atoms with E-state index in [1.54, 1.807) is 12.1 Å². The van der Waals surface area contributed by atoms with E-state index in [1.165, 1.54) is 22.8 Å². The molecular formula is C17H21F. The highest BCUT2D eigenvalue weighted by Gasteiger charge is 2.02. The molecule has 0 fully saturated rings. The van der Waals surface area contributed by atoms with Crippen LogP contribution in [0.2, 0.25) is 0 Å². The largest absolute Gasteiger partial charge is 0.207 e. The van der Waals surface area contributed by atoms with Gasteiger partial charge < -0.3 is 0 Å². The summed E-state index contributed by atoms with van der Waals surface area (Å²) in [5, 5.41) is 0. The van der Waals surface area contributed by atoms with Crippen molar-refractivity contribution in [3.05, 3.63) is 71.1 Å². The number of benzene rings is 1. The summed E-state index contributed by atoms with van der Waals surface area (Å²) in [5.74, 6) is -0.162. The maximum Gasteiger partial charge on any atom is 0.123 e. The molecule has 0 N–H and O–H groups in total. The summed E-state index contributed by atoms with van der Waals surface area (Å²) in [6.07, 6.45) is 7.75. The monoisotopic (exact) mass is 244 g/mol. The van der Waals surface area contributed by atoms with Crippen LogP contribution in [0.4, 0.5) is 4.39 Å². The van der Waals surface area contributed by atoms with E-state index in [9.17, 15) is 4.39 Å². The summed E-state index contributed by atoms with van der Waals surface area (Å²) in [7, 11) is 0. The highest BCUT2D eigenvalue weighted by atomic mass is 19.1. The van der Waals surface area contributed by atoms with Crippen LogP contribution in [-0.2, 0) is 6.42 Å². The van der Waals surface area contributed by atoms with Gasteiger partial charge in [-0.2, -0.15) is 0 Å². The van der Waals surface area contributed by atoms with Crippen LogP contribution in [0.15, 0.2) is 54.2 Å².